The van der Waals surface area contributed by atoms with Gasteiger partial charge in [-0.15, -0.1) is 0 Å². The number of amides is 1. The van der Waals surface area contributed by atoms with Crippen LogP contribution in [0.4, 0.5) is 0 Å². The smallest absolute Gasteiger partial charge is 0.217 e. The molecule has 160 valence electrons. The first-order valence-corrected chi connectivity index (χ1v) is 7.87. The van der Waals surface area contributed by atoms with Crippen molar-refractivity contribution in [3.8, 4) is 0 Å². The van der Waals surface area contributed by atoms with E-state index in [9.17, 15) is 24.9 Å². The van der Waals surface area contributed by atoms with E-state index in [1.165, 1.54) is 6.92 Å². The van der Waals surface area contributed by atoms with Crippen molar-refractivity contribution < 1.29 is 60.3 Å². The monoisotopic (exact) mass is 401 g/mol. The van der Waals surface area contributed by atoms with Crippen molar-refractivity contribution in [3.63, 3.8) is 0 Å². The molecule has 13 heteroatoms. The number of rotatable bonds is 7. The van der Waals surface area contributed by atoms with Crippen molar-refractivity contribution in [2.24, 2.45) is 0 Å². The Kier molecular flexibility index (Phi) is 11.7. The third kappa shape index (κ3) is 7.71. The third-order valence-corrected chi connectivity index (χ3v) is 3.69. The maximum Gasteiger partial charge on any atom is 0.217 e. The Balaban J connectivity index is 0.000000516. The number of aliphatic hydroxyl groups excluding tert-OH is 9. The van der Waals surface area contributed by atoms with Crippen molar-refractivity contribution in [1.29, 1.82) is 0 Å². The minimum Gasteiger partial charge on any atom is -0.394 e. The lowest BCUT2D eigenvalue weighted by molar-refractivity contribution is -0.253. The van der Waals surface area contributed by atoms with Gasteiger partial charge in [-0.1, -0.05) is 0 Å². The third-order valence-electron chi connectivity index (χ3n) is 3.69. The average Bonchev–Trinajstić information content (AvgIpc) is 2.65. The average molecular weight is 401 g/mol. The fourth-order valence-electron chi connectivity index (χ4n) is 2.11. The van der Waals surface area contributed by atoms with Gasteiger partial charge in [0, 0.05) is 6.92 Å². The summed E-state index contributed by atoms with van der Waals surface area (Å²) in [6.07, 6.45) is -12.1. The fraction of sp³-hybridized carbons (Fsp3) is 0.857. The Bertz CT molecular complexity index is 452. The van der Waals surface area contributed by atoms with Gasteiger partial charge < -0.3 is 60.8 Å². The lowest BCUT2D eigenvalue weighted by Gasteiger charge is -2.40. The molecule has 1 amide bonds. The molecule has 0 aliphatic carbocycles. The summed E-state index contributed by atoms with van der Waals surface area (Å²) in [5.74, 6) is -0.462. The topological polar surface area (TPSA) is 237 Å². The standard InChI is InChI=1S/C8H15NO6.C6H12O6/c1-3(11)9-5-7(13)6(12)4(2-10)15-8(5)14;7-1-3(9)5(11)6(12)4(10)2-8/h4-8,10,12-14H,2H2,1H3,(H,9,11);1,3-6,8-12H,2H2/t4-,5+,6-,7-,8?;/m1./s1. The molecule has 5 unspecified atom stereocenters. The second kappa shape index (κ2) is 12.2. The van der Waals surface area contributed by atoms with Crippen molar-refractivity contribution in [2.45, 2.75) is 62.0 Å². The van der Waals surface area contributed by atoms with Crippen LogP contribution in [0.1, 0.15) is 6.92 Å². The summed E-state index contributed by atoms with van der Waals surface area (Å²) in [4.78, 5) is 20.6. The number of aliphatic hydroxyl groups is 9. The Labute approximate surface area is 154 Å². The van der Waals surface area contributed by atoms with Crippen LogP contribution in [0.25, 0.3) is 0 Å². The van der Waals surface area contributed by atoms with Gasteiger partial charge in [-0.05, 0) is 0 Å². The summed E-state index contributed by atoms with van der Waals surface area (Å²) in [5, 5.41) is 82.9. The van der Waals surface area contributed by atoms with Gasteiger partial charge in [-0.2, -0.15) is 0 Å². The van der Waals surface area contributed by atoms with E-state index >= 15 is 0 Å². The summed E-state index contributed by atoms with van der Waals surface area (Å²) in [6, 6.07) is -1.10. The molecule has 10 N–H and O–H groups in total. The molecule has 0 aromatic heterocycles. The zero-order valence-corrected chi connectivity index (χ0v) is 14.4. The molecule has 1 aliphatic heterocycles. The number of hydrogen-bond acceptors (Lipinski definition) is 12. The molecule has 0 spiro atoms. The predicted octanol–water partition coefficient (Wildman–Crippen LogP) is -6.46. The highest BCUT2D eigenvalue weighted by molar-refractivity contribution is 5.73. The minimum atomic E-state index is -1.79. The SMILES string of the molecule is CC(=O)N[C@@H]1C(O)O[C@H](CO)[C@@H](O)[C@@H]1O.O=CC(O)C(O)C(O)C(O)CO. The van der Waals surface area contributed by atoms with E-state index in [0.717, 1.165) is 0 Å². The zero-order chi connectivity index (χ0) is 21.3. The number of hydrogen-bond donors (Lipinski definition) is 10. The van der Waals surface area contributed by atoms with Crippen LogP contribution in [0.2, 0.25) is 0 Å². The largest absolute Gasteiger partial charge is 0.394 e. The van der Waals surface area contributed by atoms with E-state index in [0.29, 0.717) is 0 Å². The highest BCUT2D eigenvalue weighted by atomic mass is 16.6. The van der Waals surface area contributed by atoms with Crippen molar-refractivity contribution >= 4 is 12.2 Å². The van der Waals surface area contributed by atoms with Crippen LogP contribution in [-0.2, 0) is 14.3 Å². The molecule has 0 aromatic rings. The highest BCUT2D eigenvalue weighted by Gasteiger charge is 2.43. The molecule has 27 heavy (non-hydrogen) atoms. The summed E-state index contributed by atoms with van der Waals surface area (Å²) in [5.41, 5.74) is 0. The number of carbonyl (C=O) groups excluding carboxylic acids is 2. The first-order valence-electron chi connectivity index (χ1n) is 7.87. The Morgan fingerprint density at radius 1 is 1.07 bits per heavy atom. The van der Waals surface area contributed by atoms with Crippen LogP contribution < -0.4 is 5.32 Å². The van der Waals surface area contributed by atoms with Crippen LogP contribution in [0.15, 0.2) is 0 Å². The fourth-order valence-corrected chi connectivity index (χ4v) is 2.11. The van der Waals surface area contributed by atoms with Crippen LogP contribution in [0.3, 0.4) is 0 Å². The Hall–Kier alpha value is -1.26. The summed E-state index contributed by atoms with van der Waals surface area (Å²) >= 11 is 0. The van der Waals surface area contributed by atoms with Crippen LogP contribution in [0.5, 0.6) is 0 Å². The van der Waals surface area contributed by atoms with E-state index in [4.69, 9.17) is 35.4 Å². The lowest BCUT2D eigenvalue weighted by atomic mass is 9.97. The second-order valence-corrected chi connectivity index (χ2v) is 5.81. The predicted molar refractivity (Wildman–Crippen MR) is 84.8 cm³/mol. The van der Waals surface area contributed by atoms with Gasteiger partial charge in [0.05, 0.1) is 13.2 Å². The number of aldehydes is 1. The maximum absolute atomic E-state index is 10.7. The van der Waals surface area contributed by atoms with Gasteiger partial charge in [0.2, 0.25) is 5.91 Å². The van der Waals surface area contributed by atoms with Gasteiger partial charge in [0.15, 0.2) is 12.6 Å². The lowest BCUT2D eigenvalue weighted by Crippen LogP contribution is -2.63. The molecule has 0 saturated carbocycles. The molecule has 9 atom stereocenters. The number of ether oxygens (including phenoxy) is 1. The maximum atomic E-state index is 10.7. The summed E-state index contributed by atoms with van der Waals surface area (Å²) in [7, 11) is 0. The van der Waals surface area contributed by atoms with Gasteiger partial charge >= 0.3 is 0 Å². The molecule has 0 aromatic carbocycles. The molecule has 1 aliphatic rings. The van der Waals surface area contributed by atoms with E-state index in [1.54, 1.807) is 0 Å². The van der Waals surface area contributed by atoms with Crippen LogP contribution in [-0.4, -0.2) is 126 Å². The molecule has 1 heterocycles. The molecule has 1 fully saturated rings. The molecule has 0 bridgehead atoms. The van der Waals surface area contributed by atoms with Crippen molar-refractivity contribution in [3.05, 3.63) is 0 Å². The zero-order valence-electron chi connectivity index (χ0n) is 14.4. The summed E-state index contributed by atoms with van der Waals surface area (Å²) < 4.78 is 4.81. The van der Waals surface area contributed by atoms with Gasteiger partial charge in [-0.25, -0.2) is 0 Å². The molecular weight excluding hydrogens is 374 g/mol. The number of carbonyl (C=O) groups is 2. The Morgan fingerprint density at radius 2 is 1.63 bits per heavy atom. The first-order chi connectivity index (χ1) is 12.5. The van der Waals surface area contributed by atoms with Gasteiger partial charge in [0.1, 0.15) is 48.8 Å². The molecule has 1 rings (SSSR count). The minimum absolute atomic E-state index is 0.0258. The Morgan fingerprint density at radius 3 is 2.04 bits per heavy atom. The molecule has 0 radical (unpaired) electrons. The van der Waals surface area contributed by atoms with Gasteiger partial charge in [0.25, 0.3) is 0 Å². The normalized spacial score (nSPS) is 32.3. The van der Waals surface area contributed by atoms with E-state index in [1.807, 2.05) is 0 Å². The molecular formula is C14H27NO12. The second-order valence-electron chi connectivity index (χ2n) is 5.81. The van der Waals surface area contributed by atoms with Crippen molar-refractivity contribution in [2.75, 3.05) is 13.2 Å². The quantitative estimate of drug-likeness (QED) is 0.179. The van der Waals surface area contributed by atoms with E-state index in [-0.39, 0.29) is 6.29 Å². The van der Waals surface area contributed by atoms with Crippen molar-refractivity contribution in [1.82, 2.24) is 5.32 Å². The summed E-state index contributed by atoms with van der Waals surface area (Å²) in [6.45, 7) is -0.0736. The highest BCUT2D eigenvalue weighted by Crippen LogP contribution is 2.19. The molecule has 1 saturated heterocycles. The van der Waals surface area contributed by atoms with Crippen LogP contribution >= 0.6 is 0 Å². The van der Waals surface area contributed by atoms with E-state index < -0.39 is 74.2 Å². The van der Waals surface area contributed by atoms with Gasteiger partial charge in [-0.3, -0.25) is 4.79 Å². The first kappa shape index (κ1) is 25.7. The number of nitrogens with one attached hydrogen (secondary N) is 1. The van der Waals surface area contributed by atoms with E-state index in [2.05, 4.69) is 5.32 Å². The molecule has 13 nitrogen and oxygen atoms in total. The van der Waals surface area contributed by atoms with Crippen LogP contribution in [0, 0.1) is 0 Å².